The molecule has 0 amide bonds. The zero-order chi connectivity index (χ0) is 0. The second-order valence-corrected chi connectivity index (χ2v) is 0. The fraction of sp³-hybridized carbons (Fsp3) is 0. The fourth-order valence-electron chi connectivity index (χ4n) is 0. The van der Waals surface area contributed by atoms with Crippen LogP contribution in [0.25, 0.3) is 0 Å². The van der Waals surface area contributed by atoms with Crippen molar-refractivity contribution in [2.24, 2.45) is 0 Å². The zero-order valence-corrected chi connectivity index (χ0v) is 6.12. The summed E-state index contributed by atoms with van der Waals surface area (Å²) < 4.78 is 0. The molecule has 0 saturated carbocycles. The first-order chi connectivity index (χ1) is 0. The summed E-state index contributed by atoms with van der Waals surface area (Å²) in [7, 11) is 0. The van der Waals surface area contributed by atoms with Crippen LogP contribution in [0, 0.1) is 0 Å². The first-order valence-electron chi connectivity index (χ1n) is 0. The highest BCUT2D eigenvalue weighted by atomic mass is 35.5. The number of halogens is 5. The topological polar surface area (TPSA) is 0 Å². The molecule has 0 nitrogen and oxygen atoms in total. The summed E-state index contributed by atoms with van der Waals surface area (Å²) >= 11 is 0. The van der Waals surface area contributed by atoms with Gasteiger partial charge in [0.25, 0.3) is 0 Å². The Kier molecular flexibility index (Phi) is 1480. The molecule has 0 atom stereocenters. The summed E-state index contributed by atoms with van der Waals surface area (Å²) in [5, 5.41) is 0. The van der Waals surface area contributed by atoms with Crippen molar-refractivity contribution < 1.29 is 0 Å². The standard InChI is InChI=1S/4Al.5ClH.12H/h;;;;5*1H;;;;;;;;;;;;. The van der Waals surface area contributed by atoms with E-state index >= 15 is 0 Å². The van der Waals surface area contributed by atoms with Crippen LogP contribution in [0.4, 0.5) is 0 Å². The molecule has 0 aromatic heterocycles. The Labute approximate surface area is 130 Å². The maximum absolute atomic E-state index is 0. The molecule has 0 aromatic rings. The molecule has 0 heterocycles. The van der Waals surface area contributed by atoms with Gasteiger partial charge < -0.3 is 0 Å². The van der Waals surface area contributed by atoms with Crippen LogP contribution in [0.1, 0.15) is 0 Å². The van der Waals surface area contributed by atoms with Gasteiger partial charge in [-0.15, -0.1) is 62.0 Å². The Bertz CT molecular complexity index is 8.92. The SMILES string of the molecule is Cl.Cl.Cl.Cl.Cl.[AlH3].[AlH3].[AlH3].[AlH3]. The van der Waals surface area contributed by atoms with Gasteiger partial charge >= 0.3 is 0 Å². The van der Waals surface area contributed by atoms with Crippen molar-refractivity contribution in [3.05, 3.63) is 0 Å². The molecular weight excluding hydrogens is 285 g/mol. The average molecular weight is 302 g/mol. The van der Waals surface area contributed by atoms with Gasteiger partial charge in [0.15, 0.2) is 69.4 Å². The third-order valence-electron chi connectivity index (χ3n) is 0. The molecule has 9 heavy (non-hydrogen) atoms. The first-order valence-corrected chi connectivity index (χ1v) is 0. The Hall–Kier alpha value is 3.58. The van der Waals surface area contributed by atoms with Crippen LogP contribution in [-0.4, -0.2) is 69.4 Å². The third kappa shape index (κ3) is 82.9. The molecule has 0 bridgehead atoms. The molecule has 64 valence electrons. The van der Waals surface area contributed by atoms with Crippen LogP contribution in [0.5, 0.6) is 0 Å². The van der Waals surface area contributed by atoms with Gasteiger partial charge in [0.1, 0.15) is 0 Å². The van der Waals surface area contributed by atoms with Crippen molar-refractivity contribution in [3.8, 4) is 0 Å². The lowest BCUT2D eigenvalue weighted by Gasteiger charge is -0.148. The van der Waals surface area contributed by atoms with Crippen molar-refractivity contribution in [1.82, 2.24) is 0 Å². The summed E-state index contributed by atoms with van der Waals surface area (Å²) in [5.74, 6) is 0. The molecule has 0 spiro atoms. The molecule has 0 saturated heterocycles. The van der Waals surface area contributed by atoms with E-state index in [2.05, 4.69) is 0 Å². The Morgan fingerprint density at radius 2 is 0.222 bits per heavy atom. The highest BCUT2D eigenvalue weighted by molar-refractivity contribution is 5.86. The van der Waals surface area contributed by atoms with Crippen LogP contribution >= 0.6 is 62.0 Å². The highest BCUT2D eigenvalue weighted by Gasteiger charge is 0.190. The average Bonchev–Trinajstić information content (AvgIpc) is 0. The smallest absolute Gasteiger partial charge is 0.147 e. The van der Waals surface area contributed by atoms with Crippen LogP contribution in [0.3, 0.4) is 0 Å². The predicted octanol–water partition coefficient (Wildman–Crippen LogP) is -2.63. The van der Waals surface area contributed by atoms with E-state index in [1.54, 1.807) is 0 Å². The van der Waals surface area contributed by atoms with Gasteiger partial charge in [-0.2, -0.15) is 0 Å². The quantitative estimate of drug-likeness (QED) is 0.430. The normalized spacial score (nSPS) is 0. The lowest BCUT2D eigenvalue weighted by atomic mass is 27.0. The maximum Gasteiger partial charge on any atom is 0.187 e. The predicted molar refractivity (Wildman–Crippen MR) is 76.0 cm³/mol. The van der Waals surface area contributed by atoms with Gasteiger partial charge in [-0.05, 0) is 0 Å². The number of hydrogen-bond donors (Lipinski definition) is 0. The van der Waals surface area contributed by atoms with E-state index in [9.17, 15) is 0 Å². The molecule has 9 heteroatoms. The molecule has 0 aliphatic heterocycles. The van der Waals surface area contributed by atoms with Gasteiger partial charge in [-0.25, -0.2) is 0 Å². The van der Waals surface area contributed by atoms with Gasteiger partial charge in [0, 0.05) is 0 Å². The van der Waals surface area contributed by atoms with Crippen molar-refractivity contribution in [3.63, 3.8) is 0 Å². The molecule has 0 aliphatic carbocycles. The molecule has 0 unspecified atom stereocenters. The summed E-state index contributed by atoms with van der Waals surface area (Å²) in [6, 6.07) is 0. The Morgan fingerprint density at radius 1 is 0.222 bits per heavy atom. The van der Waals surface area contributed by atoms with Crippen molar-refractivity contribution >= 4 is 131 Å². The highest BCUT2D eigenvalue weighted by Crippen LogP contribution is 0.694. The van der Waals surface area contributed by atoms with E-state index in [-0.39, 0.29) is 131 Å². The van der Waals surface area contributed by atoms with E-state index in [1.165, 1.54) is 0 Å². The molecule has 0 aliphatic rings. The van der Waals surface area contributed by atoms with Gasteiger partial charge in [0.2, 0.25) is 0 Å². The van der Waals surface area contributed by atoms with Crippen LogP contribution < -0.4 is 0 Å². The van der Waals surface area contributed by atoms with Crippen molar-refractivity contribution in [2.75, 3.05) is 0 Å². The second-order valence-electron chi connectivity index (χ2n) is 0. The third-order valence-corrected chi connectivity index (χ3v) is 0. The second kappa shape index (κ2) is 101. The molecule has 0 N–H and O–H groups in total. The maximum atomic E-state index is 0. The van der Waals surface area contributed by atoms with Crippen molar-refractivity contribution in [1.29, 1.82) is 0 Å². The zero-order valence-electron chi connectivity index (χ0n) is 2.04. The number of hydrogen-bond acceptors (Lipinski definition) is 0. The lowest BCUT2D eigenvalue weighted by Crippen LogP contribution is -0.382. The monoisotopic (exact) mass is 300 g/mol. The minimum absolute atomic E-state index is 0. The summed E-state index contributed by atoms with van der Waals surface area (Å²) in [4.78, 5) is 0. The van der Waals surface area contributed by atoms with E-state index in [0.29, 0.717) is 0 Å². The van der Waals surface area contributed by atoms with Gasteiger partial charge in [0.05, 0.1) is 0 Å². The Morgan fingerprint density at radius 3 is 0.222 bits per heavy atom. The van der Waals surface area contributed by atoms with Crippen LogP contribution in [0.2, 0.25) is 0 Å². The molecular formula is H17Al4Cl5. The minimum Gasteiger partial charge on any atom is -0.147 e. The lowest BCUT2D eigenvalue weighted by molar-refractivity contribution is 5.75. The minimum atomic E-state index is 0. The van der Waals surface area contributed by atoms with Crippen molar-refractivity contribution in [2.45, 2.75) is 0 Å². The largest absolute Gasteiger partial charge is 0.187 e. The van der Waals surface area contributed by atoms with Crippen LogP contribution in [0.15, 0.2) is 0 Å². The van der Waals surface area contributed by atoms with Crippen LogP contribution in [-0.2, 0) is 0 Å². The molecule has 0 radical (unpaired) electrons. The summed E-state index contributed by atoms with van der Waals surface area (Å²) in [5.41, 5.74) is 0. The van der Waals surface area contributed by atoms with E-state index in [0.717, 1.165) is 0 Å². The molecule has 0 aromatic carbocycles. The first kappa shape index (κ1) is 132. The van der Waals surface area contributed by atoms with Gasteiger partial charge in [-0.3, -0.25) is 0 Å². The molecule has 0 rings (SSSR count). The van der Waals surface area contributed by atoms with Gasteiger partial charge in [-0.1, -0.05) is 0 Å². The number of rotatable bonds is 0. The Balaban J connectivity index is 0. The van der Waals surface area contributed by atoms with E-state index in [4.69, 9.17) is 0 Å². The fourth-order valence-corrected chi connectivity index (χ4v) is 0. The van der Waals surface area contributed by atoms with E-state index < -0.39 is 0 Å². The van der Waals surface area contributed by atoms with E-state index in [1.807, 2.05) is 0 Å². The molecule has 0 fully saturated rings. The summed E-state index contributed by atoms with van der Waals surface area (Å²) in [6.07, 6.45) is 0. The summed E-state index contributed by atoms with van der Waals surface area (Å²) in [6.45, 7) is 0.